The molecule has 4 nitrogen and oxygen atoms in total. The SMILES string of the molecule is CC(C)(CNCc1cccc2[nH]ccc12)S(C)(=O)=O. The minimum absolute atomic E-state index is 0.437. The van der Waals surface area contributed by atoms with Gasteiger partial charge in [-0.2, -0.15) is 0 Å². The summed E-state index contributed by atoms with van der Waals surface area (Å²) in [7, 11) is -3.06. The number of hydrogen-bond donors (Lipinski definition) is 2. The molecule has 0 radical (unpaired) electrons. The fraction of sp³-hybridized carbons (Fsp3) is 0.429. The average molecular weight is 280 g/mol. The maximum atomic E-state index is 11.6. The highest BCUT2D eigenvalue weighted by Gasteiger charge is 2.29. The van der Waals surface area contributed by atoms with E-state index in [2.05, 4.69) is 16.4 Å². The maximum Gasteiger partial charge on any atom is 0.153 e. The van der Waals surface area contributed by atoms with E-state index in [1.165, 1.54) is 17.2 Å². The van der Waals surface area contributed by atoms with Crippen LogP contribution in [0, 0.1) is 0 Å². The monoisotopic (exact) mass is 280 g/mol. The zero-order valence-corrected chi connectivity index (χ0v) is 12.3. The Morgan fingerprint density at radius 2 is 2.00 bits per heavy atom. The molecule has 0 saturated carbocycles. The van der Waals surface area contributed by atoms with Gasteiger partial charge >= 0.3 is 0 Å². The number of benzene rings is 1. The van der Waals surface area contributed by atoms with Gasteiger partial charge in [0.1, 0.15) is 0 Å². The van der Waals surface area contributed by atoms with E-state index in [-0.39, 0.29) is 0 Å². The number of hydrogen-bond acceptors (Lipinski definition) is 3. The molecule has 2 rings (SSSR count). The van der Waals surface area contributed by atoms with Crippen LogP contribution < -0.4 is 5.32 Å². The van der Waals surface area contributed by atoms with Gasteiger partial charge in [0, 0.05) is 36.4 Å². The van der Waals surface area contributed by atoms with Crippen molar-refractivity contribution < 1.29 is 8.42 Å². The van der Waals surface area contributed by atoms with Gasteiger partial charge in [-0.1, -0.05) is 12.1 Å². The van der Waals surface area contributed by atoms with Gasteiger partial charge in [0.15, 0.2) is 9.84 Å². The molecule has 2 N–H and O–H groups in total. The molecular formula is C14H20N2O2S. The molecular weight excluding hydrogens is 260 g/mol. The Morgan fingerprint density at radius 1 is 1.26 bits per heavy atom. The number of aromatic nitrogens is 1. The van der Waals surface area contributed by atoms with Crippen LogP contribution in [0.5, 0.6) is 0 Å². The van der Waals surface area contributed by atoms with Crippen molar-refractivity contribution in [2.24, 2.45) is 0 Å². The van der Waals surface area contributed by atoms with E-state index in [0.29, 0.717) is 13.1 Å². The van der Waals surface area contributed by atoms with Gasteiger partial charge in [-0.15, -0.1) is 0 Å². The number of rotatable bonds is 5. The molecule has 0 spiro atoms. The maximum absolute atomic E-state index is 11.6. The largest absolute Gasteiger partial charge is 0.361 e. The highest BCUT2D eigenvalue weighted by Crippen LogP contribution is 2.18. The third kappa shape index (κ3) is 2.98. The summed E-state index contributed by atoms with van der Waals surface area (Å²) in [4.78, 5) is 3.17. The van der Waals surface area contributed by atoms with Crippen molar-refractivity contribution in [1.82, 2.24) is 10.3 Å². The summed E-state index contributed by atoms with van der Waals surface area (Å²) in [5, 5.41) is 4.41. The minimum atomic E-state index is -3.06. The van der Waals surface area contributed by atoms with Crippen molar-refractivity contribution in [3.63, 3.8) is 0 Å². The van der Waals surface area contributed by atoms with Crippen LogP contribution in [0.4, 0.5) is 0 Å². The van der Waals surface area contributed by atoms with Crippen LogP contribution in [0.15, 0.2) is 30.5 Å². The lowest BCUT2D eigenvalue weighted by atomic mass is 10.1. The lowest BCUT2D eigenvalue weighted by Crippen LogP contribution is -2.41. The van der Waals surface area contributed by atoms with Gasteiger partial charge in [-0.25, -0.2) is 8.42 Å². The molecule has 1 heterocycles. The van der Waals surface area contributed by atoms with Crippen LogP contribution in [-0.4, -0.2) is 30.9 Å². The zero-order valence-electron chi connectivity index (χ0n) is 11.5. The van der Waals surface area contributed by atoms with E-state index in [1.807, 2.05) is 24.4 Å². The smallest absolute Gasteiger partial charge is 0.153 e. The molecule has 0 unspecified atom stereocenters. The van der Waals surface area contributed by atoms with Gasteiger partial charge in [0.05, 0.1) is 4.75 Å². The molecule has 104 valence electrons. The molecule has 0 amide bonds. The number of fused-ring (bicyclic) bond motifs is 1. The standard InChI is InChI=1S/C14H20N2O2S/c1-14(2,19(3,17)18)10-15-9-11-5-4-6-13-12(11)7-8-16-13/h4-8,15-16H,9-10H2,1-3H3. The Bertz CT molecular complexity index is 672. The van der Waals surface area contributed by atoms with Crippen molar-refractivity contribution in [1.29, 1.82) is 0 Å². The normalized spacial score (nSPS) is 13.0. The van der Waals surface area contributed by atoms with Gasteiger partial charge in [-0.05, 0) is 31.5 Å². The second kappa shape index (κ2) is 4.98. The molecule has 0 atom stereocenters. The molecule has 0 aliphatic carbocycles. The van der Waals surface area contributed by atoms with E-state index in [4.69, 9.17) is 0 Å². The average Bonchev–Trinajstić information content (AvgIpc) is 2.76. The van der Waals surface area contributed by atoms with Crippen molar-refractivity contribution in [3.05, 3.63) is 36.0 Å². The summed E-state index contributed by atoms with van der Waals surface area (Å²) in [6.07, 6.45) is 3.19. The van der Waals surface area contributed by atoms with Gasteiger partial charge in [0.25, 0.3) is 0 Å². The number of aromatic amines is 1. The van der Waals surface area contributed by atoms with E-state index in [1.54, 1.807) is 13.8 Å². The van der Waals surface area contributed by atoms with Gasteiger partial charge < -0.3 is 10.3 Å². The predicted molar refractivity (Wildman–Crippen MR) is 78.9 cm³/mol. The first-order valence-electron chi connectivity index (χ1n) is 6.26. The molecule has 1 aromatic carbocycles. The molecule has 5 heteroatoms. The van der Waals surface area contributed by atoms with Crippen LogP contribution in [0.2, 0.25) is 0 Å². The summed E-state index contributed by atoms with van der Waals surface area (Å²) in [6.45, 7) is 4.58. The summed E-state index contributed by atoms with van der Waals surface area (Å²) in [6, 6.07) is 8.11. The summed E-state index contributed by atoms with van der Waals surface area (Å²) in [5.74, 6) is 0. The number of H-pyrrole nitrogens is 1. The lowest BCUT2D eigenvalue weighted by molar-refractivity contribution is 0.522. The first-order chi connectivity index (χ1) is 8.81. The van der Waals surface area contributed by atoms with Crippen LogP contribution in [0.25, 0.3) is 10.9 Å². The van der Waals surface area contributed by atoms with Crippen molar-refractivity contribution in [2.75, 3.05) is 12.8 Å². The van der Waals surface area contributed by atoms with Crippen LogP contribution >= 0.6 is 0 Å². The highest BCUT2D eigenvalue weighted by atomic mass is 32.2. The summed E-state index contributed by atoms with van der Waals surface area (Å²) < 4.78 is 22.5. The van der Waals surface area contributed by atoms with Crippen molar-refractivity contribution >= 4 is 20.7 Å². The quantitative estimate of drug-likeness (QED) is 0.881. The van der Waals surface area contributed by atoms with E-state index >= 15 is 0 Å². The van der Waals surface area contributed by atoms with E-state index < -0.39 is 14.6 Å². The fourth-order valence-electron chi connectivity index (χ4n) is 1.93. The first kappa shape index (κ1) is 14.1. The van der Waals surface area contributed by atoms with Crippen LogP contribution in [-0.2, 0) is 16.4 Å². The van der Waals surface area contributed by atoms with Gasteiger partial charge in [0.2, 0.25) is 0 Å². The molecule has 19 heavy (non-hydrogen) atoms. The second-order valence-electron chi connectivity index (χ2n) is 5.49. The highest BCUT2D eigenvalue weighted by molar-refractivity contribution is 7.92. The third-order valence-corrected chi connectivity index (χ3v) is 5.71. The Hall–Kier alpha value is -1.33. The Labute approximate surface area is 114 Å². The minimum Gasteiger partial charge on any atom is -0.361 e. The van der Waals surface area contributed by atoms with Crippen molar-refractivity contribution in [2.45, 2.75) is 25.1 Å². The van der Waals surface area contributed by atoms with E-state index in [0.717, 1.165) is 5.52 Å². The molecule has 2 aromatic rings. The molecule has 1 aromatic heterocycles. The van der Waals surface area contributed by atoms with Crippen LogP contribution in [0.3, 0.4) is 0 Å². The van der Waals surface area contributed by atoms with Gasteiger partial charge in [-0.3, -0.25) is 0 Å². The second-order valence-corrected chi connectivity index (χ2v) is 8.14. The Kier molecular flexibility index (Phi) is 3.69. The zero-order chi connectivity index (χ0) is 14.1. The molecule has 0 fully saturated rings. The molecule has 0 saturated heterocycles. The Morgan fingerprint density at radius 3 is 2.68 bits per heavy atom. The number of nitrogens with one attached hydrogen (secondary N) is 2. The van der Waals surface area contributed by atoms with Crippen molar-refractivity contribution in [3.8, 4) is 0 Å². The first-order valence-corrected chi connectivity index (χ1v) is 8.16. The predicted octanol–water partition coefficient (Wildman–Crippen LogP) is 2.08. The molecule has 0 aliphatic heterocycles. The Balaban J connectivity index is 2.06. The fourth-order valence-corrected chi connectivity index (χ4v) is 2.30. The lowest BCUT2D eigenvalue weighted by Gasteiger charge is -2.23. The third-order valence-electron chi connectivity index (χ3n) is 3.56. The summed E-state index contributed by atoms with van der Waals surface area (Å²) in [5.41, 5.74) is 2.27. The number of sulfone groups is 1. The topological polar surface area (TPSA) is 62.0 Å². The molecule has 0 aliphatic rings. The van der Waals surface area contributed by atoms with E-state index in [9.17, 15) is 8.42 Å². The van der Waals surface area contributed by atoms with Crippen LogP contribution in [0.1, 0.15) is 19.4 Å². The molecule has 0 bridgehead atoms. The summed E-state index contributed by atoms with van der Waals surface area (Å²) >= 11 is 0.